The van der Waals surface area contributed by atoms with Crippen LogP contribution in [0.3, 0.4) is 0 Å². The number of Topliss-reactive ketones (excluding diaryl/α,β-unsaturated/α-hetero) is 1. The van der Waals surface area contributed by atoms with Crippen LogP contribution in [0.5, 0.6) is 0 Å². The van der Waals surface area contributed by atoms with Crippen LogP contribution in [0.4, 0.5) is 0 Å². The quantitative estimate of drug-likeness (QED) is 0.786. The van der Waals surface area contributed by atoms with E-state index in [1.807, 2.05) is 10.6 Å². The SMILES string of the molecule is CCOC(=O)c1cc2c(n1Cc1c(C)cc(C)cc1C)C(=O)CCC2. The van der Waals surface area contributed by atoms with Crippen molar-refractivity contribution in [2.24, 2.45) is 0 Å². The highest BCUT2D eigenvalue weighted by molar-refractivity contribution is 6.00. The van der Waals surface area contributed by atoms with E-state index < -0.39 is 0 Å². The topological polar surface area (TPSA) is 48.3 Å². The molecule has 0 fully saturated rings. The van der Waals surface area contributed by atoms with E-state index in [0.717, 1.165) is 24.0 Å². The number of benzene rings is 1. The van der Waals surface area contributed by atoms with Gasteiger partial charge in [0.05, 0.1) is 12.3 Å². The molecule has 1 aromatic carbocycles. The molecule has 0 N–H and O–H groups in total. The van der Waals surface area contributed by atoms with Gasteiger partial charge >= 0.3 is 5.97 Å². The van der Waals surface area contributed by atoms with Crippen molar-refractivity contribution in [1.29, 1.82) is 0 Å². The lowest BCUT2D eigenvalue weighted by Gasteiger charge is -2.18. The molecule has 25 heavy (non-hydrogen) atoms. The van der Waals surface area contributed by atoms with Crippen LogP contribution in [0.1, 0.15) is 68.6 Å². The third-order valence-electron chi connectivity index (χ3n) is 4.93. The van der Waals surface area contributed by atoms with Crippen molar-refractivity contribution in [3.63, 3.8) is 0 Å². The molecule has 2 aromatic rings. The van der Waals surface area contributed by atoms with Crippen LogP contribution in [-0.2, 0) is 17.7 Å². The Balaban J connectivity index is 2.13. The van der Waals surface area contributed by atoms with E-state index in [4.69, 9.17) is 4.74 Å². The molecule has 0 spiro atoms. The summed E-state index contributed by atoms with van der Waals surface area (Å²) in [6.07, 6.45) is 2.23. The van der Waals surface area contributed by atoms with Gasteiger partial charge in [-0.05, 0) is 68.9 Å². The van der Waals surface area contributed by atoms with Gasteiger partial charge in [-0.1, -0.05) is 17.7 Å². The first-order valence-corrected chi connectivity index (χ1v) is 8.91. The molecule has 0 saturated carbocycles. The largest absolute Gasteiger partial charge is 0.461 e. The molecule has 3 rings (SSSR count). The van der Waals surface area contributed by atoms with Gasteiger partial charge < -0.3 is 9.30 Å². The maximum absolute atomic E-state index is 12.5. The van der Waals surface area contributed by atoms with Gasteiger partial charge in [0.2, 0.25) is 0 Å². The number of aromatic nitrogens is 1. The molecule has 0 radical (unpaired) electrons. The second kappa shape index (κ2) is 6.87. The second-order valence-electron chi connectivity index (χ2n) is 6.86. The minimum Gasteiger partial charge on any atom is -0.461 e. The normalized spacial score (nSPS) is 13.7. The van der Waals surface area contributed by atoms with Gasteiger partial charge in [0.1, 0.15) is 5.69 Å². The summed E-state index contributed by atoms with van der Waals surface area (Å²) in [7, 11) is 0. The third kappa shape index (κ3) is 3.26. The molecule has 1 aromatic heterocycles. The summed E-state index contributed by atoms with van der Waals surface area (Å²) >= 11 is 0. The molecule has 0 saturated heterocycles. The summed E-state index contributed by atoms with van der Waals surface area (Å²) in [5.74, 6) is -0.230. The van der Waals surface area contributed by atoms with Crippen LogP contribution >= 0.6 is 0 Å². The maximum Gasteiger partial charge on any atom is 0.354 e. The van der Waals surface area contributed by atoms with Gasteiger partial charge in [-0.3, -0.25) is 4.79 Å². The number of carbonyl (C=O) groups is 2. The van der Waals surface area contributed by atoms with Crippen LogP contribution in [0.15, 0.2) is 18.2 Å². The van der Waals surface area contributed by atoms with Gasteiger partial charge in [-0.15, -0.1) is 0 Å². The van der Waals surface area contributed by atoms with Crippen LogP contribution in [0.2, 0.25) is 0 Å². The summed E-state index contributed by atoms with van der Waals surface area (Å²) in [4.78, 5) is 25.0. The molecule has 1 heterocycles. The van der Waals surface area contributed by atoms with E-state index in [-0.39, 0.29) is 11.8 Å². The fourth-order valence-corrected chi connectivity index (χ4v) is 3.84. The summed E-state index contributed by atoms with van der Waals surface area (Å²) in [5, 5.41) is 0. The number of fused-ring (bicyclic) bond motifs is 1. The number of aryl methyl sites for hydroxylation is 4. The Morgan fingerprint density at radius 2 is 1.80 bits per heavy atom. The van der Waals surface area contributed by atoms with Gasteiger partial charge in [-0.2, -0.15) is 0 Å². The first-order chi connectivity index (χ1) is 11.9. The lowest BCUT2D eigenvalue weighted by molar-refractivity contribution is 0.0514. The summed E-state index contributed by atoms with van der Waals surface area (Å²) in [6, 6.07) is 6.14. The molecule has 0 amide bonds. The van der Waals surface area contributed by atoms with Crippen LogP contribution < -0.4 is 0 Å². The first-order valence-electron chi connectivity index (χ1n) is 8.91. The molecule has 0 aliphatic heterocycles. The van der Waals surface area contributed by atoms with E-state index in [9.17, 15) is 9.59 Å². The lowest BCUT2D eigenvalue weighted by atomic mass is 9.96. The minimum atomic E-state index is -0.355. The van der Waals surface area contributed by atoms with Crippen molar-refractivity contribution in [3.05, 3.63) is 57.4 Å². The van der Waals surface area contributed by atoms with Crippen molar-refractivity contribution in [2.75, 3.05) is 6.61 Å². The number of hydrogen-bond acceptors (Lipinski definition) is 3. The van der Waals surface area contributed by atoms with Crippen molar-refractivity contribution in [3.8, 4) is 0 Å². The smallest absolute Gasteiger partial charge is 0.354 e. The highest BCUT2D eigenvalue weighted by atomic mass is 16.5. The van der Waals surface area contributed by atoms with Crippen LogP contribution in [-0.4, -0.2) is 22.9 Å². The number of ketones is 1. The molecule has 0 bridgehead atoms. The fourth-order valence-electron chi connectivity index (χ4n) is 3.84. The van der Waals surface area contributed by atoms with Crippen molar-refractivity contribution in [2.45, 2.75) is 53.5 Å². The number of esters is 1. The zero-order chi connectivity index (χ0) is 18.1. The predicted molar refractivity (Wildman–Crippen MR) is 97.4 cm³/mol. The van der Waals surface area contributed by atoms with Gasteiger partial charge in [0.25, 0.3) is 0 Å². The highest BCUT2D eigenvalue weighted by Gasteiger charge is 2.28. The molecule has 0 unspecified atom stereocenters. The molecule has 0 atom stereocenters. The third-order valence-corrected chi connectivity index (χ3v) is 4.93. The van der Waals surface area contributed by atoms with Gasteiger partial charge in [0, 0.05) is 13.0 Å². The number of nitrogens with zero attached hydrogens (tertiary/aromatic N) is 1. The average molecular weight is 339 g/mol. The van der Waals surface area contributed by atoms with E-state index in [0.29, 0.717) is 31.0 Å². The van der Waals surface area contributed by atoms with Crippen LogP contribution in [0.25, 0.3) is 0 Å². The molecular weight excluding hydrogens is 314 g/mol. The van der Waals surface area contributed by atoms with E-state index in [2.05, 4.69) is 32.9 Å². The first kappa shape index (κ1) is 17.5. The van der Waals surface area contributed by atoms with Gasteiger partial charge in [-0.25, -0.2) is 4.79 Å². The molecule has 1 aliphatic rings. The predicted octanol–water partition coefficient (Wildman–Crippen LogP) is 4.16. The Morgan fingerprint density at radius 3 is 2.44 bits per heavy atom. The van der Waals surface area contributed by atoms with Crippen molar-refractivity contribution < 1.29 is 14.3 Å². The molecule has 4 heteroatoms. The summed E-state index contributed by atoms with van der Waals surface area (Å²) in [6.45, 7) is 8.88. The van der Waals surface area contributed by atoms with Gasteiger partial charge in [0.15, 0.2) is 5.78 Å². The molecule has 1 aliphatic carbocycles. The summed E-state index contributed by atoms with van der Waals surface area (Å²) in [5.41, 5.74) is 6.89. The van der Waals surface area contributed by atoms with E-state index in [1.165, 1.54) is 16.7 Å². The van der Waals surface area contributed by atoms with Crippen LogP contribution in [0, 0.1) is 20.8 Å². The number of rotatable bonds is 4. The lowest BCUT2D eigenvalue weighted by Crippen LogP contribution is -2.20. The zero-order valence-corrected chi connectivity index (χ0v) is 15.4. The van der Waals surface area contributed by atoms with E-state index >= 15 is 0 Å². The molecule has 132 valence electrons. The second-order valence-corrected chi connectivity index (χ2v) is 6.86. The number of carbonyl (C=O) groups excluding carboxylic acids is 2. The Morgan fingerprint density at radius 1 is 1.12 bits per heavy atom. The molecule has 4 nitrogen and oxygen atoms in total. The average Bonchev–Trinajstić information content (AvgIpc) is 2.91. The van der Waals surface area contributed by atoms with Crippen molar-refractivity contribution in [1.82, 2.24) is 4.57 Å². The van der Waals surface area contributed by atoms with E-state index in [1.54, 1.807) is 6.92 Å². The highest BCUT2D eigenvalue weighted by Crippen LogP contribution is 2.28. The monoisotopic (exact) mass is 339 g/mol. The zero-order valence-electron chi connectivity index (χ0n) is 15.4. The maximum atomic E-state index is 12.5. The Labute approximate surface area is 148 Å². The number of hydrogen-bond donors (Lipinski definition) is 0. The Kier molecular flexibility index (Phi) is 4.80. The minimum absolute atomic E-state index is 0.124. The Bertz CT molecular complexity index is 822. The molecular formula is C21H25NO3. The van der Waals surface area contributed by atoms with Crippen molar-refractivity contribution >= 4 is 11.8 Å². The standard InChI is InChI=1S/C21H25NO3/c1-5-25-21(24)18-11-16-7-6-8-19(23)20(16)22(18)12-17-14(3)9-13(2)10-15(17)4/h9-11H,5-8,12H2,1-4H3. The fraction of sp³-hybridized carbons (Fsp3) is 0.429. The summed E-state index contributed by atoms with van der Waals surface area (Å²) < 4.78 is 7.10. The number of ether oxygens (including phenoxy) is 1. The Hall–Kier alpha value is -2.36.